The second-order valence-electron chi connectivity index (χ2n) is 4.77. The molecule has 1 heterocycles. The van der Waals surface area contributed by atoms with E-state index in [9.17, 15) is 0 Å². The molecule has 1 unspecified atom stereocenters. The fraction of sp³-hybridized carbons (Fsp3) is 0.733. The van der Waals surface area contributed by atoms with E-state index in [0.717, 1.165) is 32.7 Å². The molecular formula is C15H28N2O. The molecule has 1 atom stereocenters. The highest BCUT2D eigenvalue weighted by atomic mass is 16.5. The van der Waals surface area contributed by atoms with Crippen LogP contribution in [0.3, 0.4) is 0 Å². The molecule has 3 nitrogen and oxygen atoms in total. The van der Waals surface area contributed by atoms with Gasteiger partial charge in [-0.15, -0.1) is 0 Å². The zero-order valence-electron chi connectivity index (χ0n) is 12.1. The van der Waals surface area contributed by atoms with Crippen LogP contribution in [0.2, 0.25) is 0 Å². The van der Waals surface area contributed by atoms with Gasteiger partial charge < -0.3 is 14.6 Å². The Morgan fingerprint density at radius 3 is 2.83 bits per heavy atom. The van der Waals surface area contributed by atoms with Crippen molar-refractivity contribution >= 4 is 0 Å². The van der Waals surface area contributed by atoms with Crippen LogP contribution in [0.4, 0.5) is 0 Å². The monoisotopic (exact) mass is 252 g/mol. The number of nitrogens with zero attached hydrogens (tertiary/aromatic N) is 1. The van der Waals surface area contributed by atoms with Crippen LogP contribution in [0, 0.1) is 0 Å². The van der Waals surface area contributed by atoms with Crippen LogP contribution in [0.25, 0.3) is 0 Å². The third-order valence-corrected chi connectivity index (χ3v) is 3.13. The Kier molecular flexibility index (Phi) is 7.78. The molecule has 0 amide bonds. The van der Waals surface area contributed by atoms with Gasteiger partial charge in [0.25, 0.3) is 0 Å². The highest BCUT2D eigenvalue weighted by Crippen LogP contribution is 2.13. The van der Waals surface area contributed by atoms with Gasteiger partial charge in [-0.2, -0.15) is 0 Å². The summed E-state index contributed by atoms with van der Waals surface area (Å²) in [7, 11) is 0. The van der Waals surface area contributed by atoms with E-state index in [1.54, 1.807) is 0 Å². The van der Waals surface area contributed by atoms with Crippen LogP contribution >= 0.6 is 0 Å². The standard InChI is InChI=1S/C15H28N2O/c1-4-6-12-18-13-11-17-10-7-8-15(17)14(3)16-9-5-2/h7-8,10,14,16H,4-6,9,11-13H2,1-3H3. The van der Waals surface area contributed by atoms with Crippen LogP contribution in [0.5, 0.6) is 0 Å². The molecule has 3 heteroatoms. The molecule has 0 fully saturated rings. The number of aromatic nitrogens is 1. The number of rotatable bonds is 10. The summed E-state index contributed by atoms with van der Waals surface area (Å²) in [6.07, 6.45) is 5.67. The summed E-state index contributed by atoms with van der Waals surface area (Å²) in [6.45, 7) is 10.3. The molecule has 1 aromatic rings. The highest BCUT2D eigenvalue weighted by molar-refractivity contribution is 5.11. The fourth-order valence-electron chi connectivity index (χ4n) is 2.00. The van der Waals surface area contributed by atoms with Gasteiger partial charge in [0.15, 0.2) is 0 Å². The lowest BCUT2D eigenvalue weighted by Crippen LogP contribution is -2.22. The van der Waals surface area contributed by atoms with Gasteiger partial charge in [-0.25, -0.2) is 0 Å². The molecule has 1 aromatic heterocycles. The van der Waals surface area contributed by atoms with E-state index in [-0.39, 0.29) is 0 Å². The largest absolute Gasteiger partial charge is 0.380 e. The van der Waals surface area contributed by atoms with Crippen LogP contribution in [0.1, 0.15) is 51.8 Å². The van der Waals surface area contributed by atoms with E-state index in [1.165, 1.54) is 18.5 Å². The van der Waals surface area contributed by atoms with Crippen molar-refractivity contribution in [1.82, 2.24) is 9.88 Å². The Balaban J connectivity index is 2.34. The number of hydrogen-bond donors (Lipinski definition) is 1. The average Bonchev–Trinajstić information content (AvgIpc) is 2.84. The van der Waals surface area contributed by atoms with E-state index in [0.29, 0.717) is 6.04 Å². The molecule has 1 N–H and O–H groups in total. The molecule has 0 aromatic carbocycles. The van der Waals surface area contributed by atoms with Crippen molar-refractivity contribution in [3.05, 3.63) is 24.0 Å². The molecule has 0 aliphatic heterocycles. The average molecular weight is 252 g/mol. The van der Waals surface area contributed by atoms with Gasteiger partial charge in [-0.05, 0) is 38.4 Å². The highest BCUT2D eigenvalue weighted by Gasteiger charge is 2.08. The molecule has 0 saturated heterocycles. The number of ether oxygens (including phenoxy) is 1. The molecule has 0 saturated carbocycles. The fourth-order valence-corrected chi connectivity index (χ4v) is 2.00. The topological polar surface area (TPSA) is 26.2 Å². The summed E-state index contributed by atoms with van der Waals surface area (Å²) >= 11 is 0. The summed E-state index contributed by atoms with van der Waals surface area (Å²) < 4.78 is 7.91. The first-order valence-electron chi connectivity index (χ1n) is 7.25. The summed E-state index contributed by atoms with van der Waals surface area (Å²) in [5.41, 5.74) is 1.35. The second kappa shape index (κ2) is 9.17. The van der Waals surface area contributed by atoms with Crippen LogP contribution < -0.4 is 5.32 Å². The van der Waals surface area contributed by atoms with Gasteiger partial charge in [0.2, 0.25) is 0 Å². The van der Waals surface area contributed by atoms with E-state index >= 15 is 0 Å². The summed E-state index contributed by atoms with van der Waals surface area (Å²) in [4.78, 5) is 0. The quantitative estimate of drug-likeness (QED) is 0.646. The van der Waals surface area contributed by atoms with Crippen molar-refractivity contribution < 1.29 is 4.74 Å². The Morgan fingerprint density at radius 2 is 2.11 bits per heavy atom. The molecule has 0 aliphatic carbocycles. The Hall–Kier alpha value is -0.800. The Morgan fingerprint density at radius 1 is 1.28 bits per heavy atom. The Bertz CT molecular complexity index is 309. The summed E-state index contributed by atoms with van der Waals surface area (Å²) in [5, 5.41) is 3.52. The van der Waals surface area contributed by atoms with Gasteiger partial charge in [0.05, 0.1) is 6.61 Å². The predicted octanol–water partition coefficient (Wildman–Crippen LogP) is 3.37. The van der Waals surface area contributed by atoms with Gasteiger partial charge >= 0.3 is 0 Å². The minimum Gasteiger partial charge on any atom is -0.380 e. The van der Waals surface area contributed by atoms with Gasteiger partial charge in [0, 0.05) is 31.1 Å². The molecule has 0 aliphatic rings. The molecule has 0 spiro atoms. The first-order valence-corrected chi connectivity index (χ1v) is 7.25. The van der Waals surface area contributed by atoms with Crippen LogP contribution in [-0.4, -0.2) is 24.3 Å². The maximum absolute atomic E-state index is 5.62. The minimum atomic E-state index is 0.413. The smallest absolute Gasteiger partial charge is 0.0645 e. The molecular weight excluding hydrogens is 224 g/mol. The number of nitrogens with one attached hydrogen (secondary N) is 1. The van der Waals surface area contributed by atoms with Gasteiger partial charge in [-0.3, -0.25) is 0 Å². The normalized spacial score (nSPS) is 12.8. The first kappa shape index (κ1) is 15.3. The lowest BCUT2D eigenvalue weighted by atomic mass is 10.2. The van der Waals surface area contributed by atoms with Crippen molar-refractivity contribution in [2.24, 2.45) is 0 Å². The molecule has 18 heavy (non-hydrogen) atoms. The van der Waals surface area contributed by atoms with Crippen molar-refractivity contribution in [2.45, 2.75) is 52.6 Å². The van der Waals surface area contributed by atoms with Crippen molar-refractivity contribution in [3.8, 4) is 0 Å². The number of unbranched alkanes of at least 4 members (excludes halogenated alkanes) is 1. The minimum absolute atomic E-state index is 0.413. The zero-order chi connectivity index (χ0) is 13.2. The lowest BCUT2D eigenvalue weighted by Gasteiger charge is -2.17. The van der Waals surface area contributed by atoms with Gasteiger partial charge in [0.1, 0.15) is 0 Å². The molecule has 0 radical (unpaired) electrons. The van der Waals surface area contributed by atoms with Gasteiger partial charge in [-0.1, -0.05) is 20.3 Å². The summed E-state index contributed by atoms with van der Waals surface area (Å²) in [5.74, 6) is 0. The van der Waals surface area contributed by atoms with Crippen molar-refractivity contribution in [1.29, 1.82) is 0 Å². The molecule has 0 bridgehead atoms. The maximum Gasteiger partial charge on any atom is 0.0645 e. The third-order valence-electron chi connectivity index (χ3n) is 3.13. The van der Waals surface area contributed by atoms with Crippen LogP contribution in [-0.2, 0) is 11.3 Å². The Labute approximate surface area is 112 Å². The molecule has 1 rings (SSSR count). The third kappa shape index (κ3) is 5.23. The number of hydrogen-bond acceptors (Lipinski definition) is 2. The summed E-state index contributed by atoms with van der Waals surface area (Å²) in [6, 6.07) is 4.72. The van der Waals surface area contributed by atoms with E-state index in [4.69, 9.17) is 4.74 Å². The van der Waals surface area contributed by atoms with Crippen molar-refractivity contribution in [3.63, 3.8) is 0 Å². The predicted molar refractivity (Wildman–Crippen MR) is 76.9 cm³/mol. The van der Waals surface area contributed by atoms with Crippen molar-refractivity contribution in [2.75, 3.05) is 19.8 Å². The lowest BCUT2D eigenvalue weighted by molar-refractivity contribution is 0.123. The van der Waals surface area contributed by atoms with Crippen LogP contribution in [0.15, 0.2) is 18.3 Å². The maximum atomic E-state index is 5.62. The van der Waals surface area contributed by atoms with E-state index in [2.05, 4.69) is 49.0 Å². The van der Waals surface area contributed by atoms with E-state index < -0.39 is 0 Å². The SMILES string of the molecule is CCCCOCCn1cccc1C(C)NCCC. The van der Waals surface area contributed by atoms with E-state index in [1.807, 2.05) is 0 Å². The molecule has 104 valence electrons. The second-order valence-corrected chi connectivity index (χ2v) is 4.77. The zero-order valence-corrected chi connectivity index (χ0v) is 12.1. The first-order chi connectivity index (χ1) is 8.79.